The first-order valence-corrected chi connectivity index (χ1v) is 8.79. The Morgan fingerprint density at radius 2 is 1.97 bits per heavy atom. The molecule has 0 aliphatic carbocycles. The van der Waals surface area contributed by atoms with E-state index in [-0.39, 0.29) is 23.2 Å². The normalized spacial score (nSPS) is 11.2. The Morgan fingerprint density at radius 1 is 1.10 bits per heavy atom. The van der Waals surface area contributed by atoms with E-state index in [1.807, 2.05) is 12.1 Å². The minimum atomic E-state index is -0.313. The Morgan fingerprint density at radius 3 is 2.76 bits per heavy atom. The number of hydrogen-bond donors (Lipinski definition) is 2. The van der Waals surface area contributed by atoms with Crippen molar-refractivity contribution in [2.45, 2.75) is 6.42 Å². The number of hydrogen-bond acceptors (Lipinski definition) is 6. The fraction of sp³-hybridized carbons (Fsp3) is 0.0500. The van der Waals surface area contributed by atoms with Gasteiger partial charge in [-0.2, -0.15) is 0 Å². The van der Waals surface area contributed by atoms with Crippen molar-refractivity contribution in [2.75, 3.05) is 0 Å². The van der Waals surface area contributed by atoms with Gasteiger partial charge in [-0.1, -0.05) is 12.1 Å². The van der Waals surface area contributed by atoms with Crippen LogP contribution in [0.5, 0.6) is 5.75 Å². The zero-order chi connectivity index (χ0) is 19.8. The lowest BCUT2D eigenvalue weighted by atomic mass is 10.1. The van der Waals surface area contributed by atoms with Gasteiger partial charge in [0.2, 0.25) is 5.89 Å². The van der Waals surface area contributed by atoms with Crippen LogP contribution in [0.1, 0.15) is 11.5 Å². The van der Waals surface area contributed by atoms with Crippen LogP contribution in [-0.2, 0) is 6.42 Å². The second-order valence-electron chi connectivity index (χ2n) is 6.34. The first-order valence-electron chi connectivity index (χ1n) is 8.79. The van der Waals surface area contributed by atoms with E-state index in [0.717, 1.165) is 5.56 Å². The van der Waals surface area contributed by atoms with E-state index in [0.29, 0.717) is 29.0 Å². The van der Waals surface area contributed by atoms with E-state index in [2.05, 4.69) is 25.3 Å². The Bertz CT molecular complexity index is 1300. The number of rotatable bonds is 4. The van der Waals surface area contributed by atoms with Gasteiger partial charge in [-0.05, 0) is 40.9 Å². The van der Waals surface area contributed by atoms with Crippen LogP contribution in [0.25, 0.3) is 28.3 Å². The summed E-state index contributed by atoms with van der Waals surface area (Å²) in [4.78, 5) is 8.82. The molecule has 1 aromatic carbocycles. The smallest absolute Gasteiger partial charge is 0.356 e. The minimum Gasteiger partial charge on any atom is -0.502 e. The Balaban J connectivity index is 1.59. The van der Waals surface area contributed by atoms with Crippen molar-refractivity contribution < 1.29 is 18.6 Å². The summed E-state index contributed by atoms with van der Waals surface area (Å²) < 4.78 is 20.5. The van der Waals surface area contributed by atoms with Crippen molar-refractivity contribution in [1.29, 1.82) is 0 Å². The van der Waals surface area contributed by atoms with E-state index in [1.165, 1.54) is 12.1 Å². The number of benzene rings is 1. The molecule has 5 rings (SSSR count). The van der Waals surface area contributed by atoms with Gasteiger partial charge in [-0.3, -0.25) is 4.98 Å². The standard InChI is InChI=1S/C20H13FN6O2/c21-13-6-4-12(5-7-13)11-15-25-26-20(29-15)17-18(28)16-14(3-1-8-22-16)19(24-17)27-10-2-9-23-27/h1-10H,11H2,(H,26,28)/p+1. The number of halogens is 1. The maximum absolute atomic E-state index is 13.1. The third-order valence-electron chi connectivity index (χ3n) is 4.43. The second kappa shape index (κ2) is 6.79. The van der Waals surface area contributed by atoms with Gasteiger partial charge in [-0.25, -0.2) is 9.49 Å². The molecule has 0 atom stereocenters. The third-order valence-corrected chi connectivity index (χ3v) is 4.43. The average molecular weight is 389 g/mol. The number of aromatic nitrogens is 6. The SMILES string of the molecule is Oc1c(-c2nnc(Cc3ccc(F)cc3)o2)nc(-[n+]2ccc[nH]2)c2cccnc12. The summed E-state index contributed by atoms with van der Waals surface area (Å²) >= 11 is 0. The molecule has 29 heavy (non-hydrogen) atoms. The topological polar surface area (TPSA) is 105 Å². The molecular formula is C20H14FN6O2+. The van der Waals surface area contributed by atoms with Gasteiger partial charge in [-0.15, -0.1) is 14.9 Å². The van der Waals surface area contributed by atoms with E-state index in [1.54, 1.807) is 41.5 Å². The van der Waals surface area contributed by atoms with Crippen molar-refractivity contribution in [2.24, 2.45) is 0 Å². The summed E-state index contributed by atoms with van der Waals surface area (Å²) in [5.41, 5.74) is 1.32. The van der Waals surface area contributed by atoms with Gasteiger partial charge in [0.15, 0.2) is 5.75 Å². The molecule has 0 spiro atoms. The van der Waals surface area contributed by atoms with Crippen molar-refractivity contribution in [1.82, 2.24) is 25.3 Å². The predicted molar refractivity (Wildman–Crippen MR) is 99.6 cm³/mol. The first kappa shape index (κ1) is 17.0. The van der Waals surface area contributed by atoms with E-state index < -0.39 is 0 Å². The van der Waals surface area contributed by atoms with Crippen LogP contribution in [0, 0.1) is 5.82 Å². The van der Waals surface area contributed by atoms with Crippen LogP contribution in [0.2, 0.25) is 0 Å². The van der Waals surface area contributed by atoms with Gasteiger partial charge in [0, 0.05) is 12.4 Å². The molecule has 142 valence electrons. The summed E-state index contributed by atoms with van der Waals surface area (Å²) in [6, 6.07) is 11.4. The molecule has 0 fully saturated rings. The number of fused-ring (bicyclic) bond motifs is 1. The highest BCUT2D eigenvalue weighted by atomic mass is 19.1. The number of nitrogens with one attached hydrogen (secondary N) is 1. The fourth-order valence-electron chi connectivity index (χ4n) is 3.06. The second-order valence-corrected chi connectivity index (χ2v) is 6.34. The van der Waals surface area contributed by atoms with Crippen LogP contribution in [-0.4, -0.2) is 30.4 Å². The molecule has 4 aromatic heterocycles. The van der Waals surface area contributed by atoms with Crippen LogP contribution in [0.15, 0.2) is 65.5 Å². The lowest BCUT2D eigenvalue weighted by molar-refractivity contribution is -0.657. The maximum Gasteiger partial charge on any atom is 0.356 e. The molecule has 0 saturated heterocycles. The molecule has 5 aromatic rings. The summed E-state index contributed by atoms with van der Waals surface area (Å²) in [7, 11) is 0. The average Bonchev–Trinajstić information content (AvgIpc) is 3.43. The molecule has 0 saturated carbocycles. The molecule has 0 bridgehead atoms. The predicted octanol–water partition coefficient (Wildman–Crippen LogP) is 2.72. The Kier molecular flexibility index (Phi) is 3.98. The van der Waals surface area contributed by atoms with Crippen molar-refractivity contribution in [3.8, 4) is 23.2 Å². The lowest BCUT2D eigenvalue weighted by Crippen LogP contribution is -2.33. The third kappa shape index (κ3) is 3.08. The summed E-state index contributed by atoms with van der Waals surface area (Å²) in [5, 5.41) is 22.5. The summed E-state index contributed by atoms with van der Waals surface area (Å²) in [5.74, 6) is 0.466. The van der Waals surface area contributed by atoms with E-state index >= 15 is 0 Å². The largest absolute Gasteiger partial charge is 0.502 e. The first-order chi connectivity index (χ1) is 14.2. The van der Waals surface area contributed by atoms with E-state index in [9.17, 15) is 9.50 Å². The molecule has 0 radical (unpaired) electrons. The highest BCUT2D eigenvalue weighted by molar-refractivity contribution is 5.92. The quantitative estimate of drug-likeness (QED) is 0.458. The van der Waals surface area contributed by atoms with Gasteiger partial charge in [0.1, 0.15) is 22.9 Å². The summed E-state index contributed by atoms with van der Waals surface area (Å²) in [6.45, 7) is 0. The summed E-state index contributed by atoms with van der Waals surface area (Å²) in [6.07, 6.45) is 5.47. The van der Waals surface area contributed by atoms with Crippen LogP contribution < -0.4 is 4.68 Å². The minimum absolute atomic E-state index is 0.0700. The van der Waals surface area contributed by atoms with Gasteiger partial charge in [0.05, 0.1) is 6.42 Å². The molecule has 2 N–H and O–H groups in total. The molecule has 0 unspecified atom stereocenters. The molecule has 9 heteroatoms. The highest BCUT2D eigenvalue weighted by Gasteiger charge is 2.28. The fourth-order valence-corrected chi connectivity index (χ4v) is 3.06. The highest BCUT2D eigenvalue weighted by Crippen LogP contribution is 2.34. The van der Waals surface area contributed by atoms with Crippen molar-refractivity contribution in [3.05, 3.63) is 78.3 Å². The zero-order valence-electron chi connectivity index (χ0n) is 15.0. The molecular weight excluding hydrogens is 375 g/mol. The van der Waals surface area contributed by atoms with Crippen molar-refractivity contribution >= 4 is 10.9 Å². The number of H-pyrrole nitrogens is 1. The van der Waals surface area contributed by atoms with Gasteiger partial charge < -0.3 is 9.52 Å². The number of pyridine rings is 2. The molecule has 8 nitrogen and oxygen atoms in total. The monoisotopic (exact) mass is 389 g/mol. The number of nitrogens with zero attached hydrogens (tertiary/aromatic N) is 5. The maximum atomic E-state index is 13.1. The van der Waals surface area contributed by atoms with Crippen LogP contribution >= 0.6 is 0 Å². The molecule has 4 heterocycles. The van der Waals surface area contributed by atoms with Gasteiger partial charge in [0.25, 0.3) is 11.6 Å². The molecule has 0 aliphatic rings. The Hall–Kier alpha value is -4.14. The van der Waals surface area contributed by atoms with Crippen LogP contribution in [0.3, 0.4) is 0 Å². The number of aromatic amines is 1. The lowest BCUT2D eigenvalue weighted by Gasteiger charge is -2.02. The Labute approximate surface area is 163 Å². The number of aromatic hydroxyl groups is 1. The van der Waals surface area contributed by atoms with E-state index in [4.69, 9.17) is 4.42 Å². The van der Waals surface area contributed by atoms with Gasteiger partial charge >= 0.3 is 5.82 Å². The van der Waals surface area contributed by atoms with Crippen LogP contribution in [0.4, 0.5) is 4.39 Å². The molecule has 0 aliphatic heterocycles. The van der Waals surface area contributed by atoms with Crippen molar-refractivity contribution in [3.63, 3.8) is 0 Å². The zero-order valence-corrected chi connectivity index (χ0v) is 15.0. The molecule has 0 amide bonds.